The number of morpholine rings is 1. The molecule has 0 unspecified atom stereocenters. The molecule has 0 spiro atoms. The Hall–Kier alpha value is -1.36. The van der Waals surface area contributed by atoms with Gasteiger partial charge in [0.1, 0.15) is 4.90 Å². The highest BCUT2D eigenvalue weighted by molar-refractivity contribution is 9.09. The van der Waals surface area contributed by atoms with Crippen LogP contribution >= 0.6 is 15.9 Å². The molecule has 0 aromatic heterocycles. The Bertz CT molecular complexity index is 984. The van der Waals surface area contributed by atoms with Gasteiger partial charge in [0.05, 0.1) is 36.7 Å². The van der Waals surface area contributed by atoms with Crippen LogP contribution < -0.4 is 9.62 Å². The van der Waals surface area contributed by atoms with Crippen LogP contribution in [0.25, 0.3) is 0 Å². The van der Waals surface area contributed by atoms with E-state index < -0.39 is 25.1 Å². The third-order valence-electron chi connectivity index (χ3n) is 4.62. The van der Waals surface area contributed by atoms with Crippen molar-refractivity contribution in [2.24, 2.45) is 0 Å². The van der Waals surface area contributed by atoms with Crippen molar-refractivity contribution < 1.29 is 30.7 Å². The highest BCUT2D eigenvalue weighted by Gasteiger charge is 2.25. The maximum Gasteiger partial charge on any atom is 0.270 e. The van der Waals surface area contributed by atoms with Crippen LogP contribution in [0.15, 0.2) is 23.1 Å². The highest BCUT2D eigenvalue weighted by atomic mass is 79.9. The molecule has 1 aliphatic heterocycles. The topological polar surface area (TPSA) is 148 Å². The molecule has 1 aromatic rings. The van der Waals surface area contributed by atoms with Gasteiger partial charge in [-0.3, -0.25) is 19.2 Å². The Balaban J connectivity index is 2.26. The number of hydrogen-bond acceptors (Lipinski definition) is 10. The molecule has 0 radical (unpaired) electrons. The number of non-ortho nitro benzene ring substituents is 1. The lowest BCUT2D eigenvalue weighted by Crippen LogP contribution is -2.41. The van der Waals surface area contributed by atoms with E-state index in [1.54, 1.807) is 4.90 Å². The van der Waals surface area contributed by atoms with Gasteiger partial charge in [-0.2, -0.15) is 8.42 Å². The molecule has 1 saturated heterocycles. The number of hydrogen-bond donors (Lipinski definition) is 1. The molecule has 2 rings (SSSR count). The van der Waals surface area contributed by atoms with Gasteiger partial charge in [0.15, 0.2) is 0 Å². The van der Waals surface area contributed by atoms with Crippen LogP contribution in [0.3, 0.4) is 0 Å². The fourth-order valence-corrected chi connectivity index (χ4v) is 5.16. The van der Waals surface area contributed by atoms with Gasteiger partial charge in [-0.25, -0.2) is 13.1 Å². The van der Waals surface area contributed by atoms with Gasteiger partial charge in [0.25, 0.3) is 15.8 Å². The van der Waals surface area contributed by atoms with Gasteiger partial charge in [-0.1, -0.05) is 15.9 Å². The second kappa shape index (κ2) is 12.2. The molecule has 1 aromatic carbocycles. The number of anilines is 1. The van der Waals surface area contributed by atoms with E-state index in [1.807, 2.05) is 0 Å². The summed E-state index contributed by atoms with van der Waals surface area (Å²) < 4.78 is 61.2. The molecule has 1 N–H and O–H groups in total. The number of sulfonamides is 1. The lowest BCUT2D eigenvalue weighted by Gasteiger charge is -2.27. The van der Waals surface area contributed by atoms with Gasteiger partial charge in [-0.05, 0) is 6.07 Å². The number of nitro groups is 1. The van der Waals surface area contributed by atoms with Gasteiger partial charge in [-0.15, -0.1) is 0 Å². The Kier molecular flexibility index (Phi) is 10.3. The van der Waals surface area contributed by atoms with Crippen molar-refractivity contribution in [3.8, 4) is 0 Å². The van der Waals surface area contributed by atoms with E-state index in [2.05, 4.69) is 25.6 Å². The highest BCUT2D eigenvalue weighted by Crippen LogP contribution is 2.29. The smallest absolute Gasteiger partial charge is 0.270 e. The fraction of sp³-hybridized carbons (Fsp3) is 0.647. The Morgan fingerprint density at radius 3 is 2.53 bits per heavy atom. The van der Waals surface area contributed by atoms with Crippen molar-refractivity contribution in [1.29, 1.82) is 0 Å². The Labute approximate surface area is 196 Å². The summed E-state index contributed by atoms with van der Waals surface area (Å²) >= 11 is 3.29. The standard InChI is InChI=1S/C17H27BrN4O8S2/c1-31(25,26)30-13-10-21(6-4-18)16-3-2-15(22(23)24)14-17(16)32(27,28)19-5-7-20-8-11-29-12-9-20/h2-3,14,19H,4-13H2,1H3. The molecule has 182 valence electrons. The summed E-state index contributed by atoms with van der Waals surface area (Å²) in [5, 5.41) is 11.7. The van der Waals surface area contributed by atoms with Crippen LogP contribution in [0.4, 0.5) is 11.4 Å². The average Bonchev–Trinajstić information content (AvgIpc) is 2.72. The van der Waals surface area contributed by atoms with Crippen LogP contribution in [-0.4, -0.2) is 97.3 Å². The van der Waals surface area contributed by atoms with E-state index in [1.165, 1.54) is 12.1 Å². The third-order valence-corrected chi connectivity index (χ3v) is 7.06. The molecular formula is C17H27BrN4O8S2. The molecule has 0 saturated carbocycles. The first-order valence-electron chi connectivity index (χ1n) is 9.77. The molecule has 0 aliphatic carbocycles. The van der Waals surface area contributed by atoms with E-state index >= 15 is 0 Å². The number of nitrogens with zero attached hydrogens (tertiary/aromatic N) is 3. The zero-order valence-corrected chi connectivity index (χ0v) is 20.8. The molecule has 1 aliphatic rings. The fourth-order valence-electron chi connectivity index (χ4n) is 3.09. The molecule has 1 heterocycles. The van der Waals surface area contributed by atoms with Crippen LogP contribution in [-0.2, 0) is 29.1 Å². The lowest BCUT2D eigenvalue weighted by atomic mass is 10.2. The second-order valence-corrected chi connectivity index (χ2v) is 11.1. The summed E-state index contributed by atoms with van der Waals surface area (Å²) in [5.74, 6) is 0. The van der Waals surface area contributed by atoms with Gasteiger partial charge < -0.3 is 9.64 Å². The number of rotatable bonds is 13. The first-order valence-corrected chi connectivity index (χ1v) is 14.2. The summed E-state index contributed by atoms with van der Waals surface area (Å²) in [6.45, 7) is 3.34. The van der Waals surface area contributed by atoms with Crippen molar-refractivity contribution in [2.75, 3.05) is 75.6 Å². The number of ether oxygens (including phenoxy) is 1. The van der Waals surface area contributed by atoms with Crippen LogP contribution in [0.2, 0.25) is 0 Å². The zero-order chi connectivity index (χ0) is 23.8. The van der Waals surface area contributed by atoms with Gasteiger partial charge >= 0.3 is 0 Å². The van der Waals surface area contributed by atoms with Crippen molar-refractivity contribution in [3.05, 3.63) is 28.3 Å². The summed E-state index contributed by atoms with van der Waals surface area (Å²) in [6.07, 6.45) is 0.919. The summed E-state index contributed by atoms with van der Waals surface area (Å²) in [5.41, 5.74) is -0.153. The minimum Gasteiger partial charge on any atom is -0.379 e. The molecule has 1 fully saturated rings. The van der Waals surface area contributed by atoms with Crippen molar-refractivity contribution >= 4 is 47.4 Å². The predicted molar refractivity (Wildman–Crippen MR) is 122 cm³/mol. The maximum absolute atomic E-state index is 13.1. The minimum absolute atomic E-state index is 0.0623. The second-order valence-electron chi connectivity index (χ2n) is 6.96. The molecule has 0 amide bonds. The maximum atomic E-state index is 13.1. The zero-order valence-electron chi connectivity index (χ0n) is 17.6. The third kappa shape index (κ3) is 8.53. The normalized spacial score (nSPS) is 15.6. The quantitative estimate of drug-likeness (QED) is 0.156. The van der Waals surface area contributed by atoms with E-state index in [0.29, 0.717) is 44.7 Å². The first kappa shape index (κ1) is 26.9. The monoisotopic (exact) mass is 558 g/mol. The lowest BCUT2D eigenvalue weighted by molar-refractivity contribution is -0.385. The molecular weight excluding hydrogens is 532 g/mol. The molecule has 0 bridgehead atoms. The molecule has 0 atom stereocenters. The van der Waals surface area contributed by atoms with Gasteiger partial charge in [0, 0.05) is 56.7 Å². The SMILES string of the molecule is CS(=O)(=O)OCCN(CCBr)c1ccc([N+](=O)[O-])cc1S(=O)(=O)NCCN1CCOCC1. The number of nitro benzene ring substituents is 1. The van der Waals surface area contributed by atoms with E-state index in [-0.39, 0.29) is 36.0 Å². The summed E-state index contributed by atoms with van der Waals surface area (Å²) in [7, 11) is -7.76. The van der Waals surface area contributed by atoms with Gasteiger partial charge in [0.2, 0.25) is 10.0 Å². The summed E-state index contributed by atoms with van der Waals surface area (Å²) in [6, 6.07) is 3.56. The van der Waals surface area contributed by atoms with Crippen LogP contribution in [0, 0.1) is 10.1 Å². The molecule has 32 heavy (non-hydrogen) atoms. The minimum atomic E-state index is -4.09. The van der Waals surface area contributed by atoms with Crippen LogP contribution in [0.1, 0.15) is 0 Å². The molecule has 15 heteroatoms. The number of benzene rings is 1. The number of alkyl halides is 1. The Morgan fingerprint density at radius 2 is 1.94 bits per heavy atom. The predicted octanol–water partition coefficient (Wildman–Crippen LogP) is 0.383. The molecule has 12 nitrogen and oxygen atoms in total. The number of halogens is 1. The van der Waals surface area contributed by atoms with Crippen LogP contribution in [0.5, 0.6) is 0 Å². The van der Waals surface area contributed by atoms with E-state index in [9.17, 15) is 26.9 Å². The van der Waals surface area contributed by atoms with Crippen molar-refractivity contribution in [3.63, 3.8) is 0 Å². The van der Waals surface area contributed by atoms with Crippen molar-refractivity contribution in [2.45, 2.75) is 4.90 Å². The largest absolute Gasteiger partial charge is 0.379 e. The van der Waals surface area contributed by atoms with E-state index in [4.69, 9.17) is 8.92 Å². The Morgan fingerprint density at radius 1 is 1.25 bits per heavy atom. The average molecular weight is 559 g/mol. The first-order chi connectivity index (χ1) is 15.0. The van der Waals surface area contributed by atoms with Crippen molar-refractivity contribution in [1.82, 2.24) is 9.62 Å². The summed E-state index contributed by atoms with van der Waals surface area (Å²) in [4.78, 5) is 14.0. The van der Waals surface area contributed by atoms with E-state index in [0.717, 1.165) is 12.3 Å². The number of nitrogens with one attached hydrogen (secondary N) is 1.